The average molecular weight is 1050 g/mol. The number of rotatable bonds is 14. The minimum atomic E-state index is -1.27. The maximum absolute atomic E-state index is 15.5. The van der Waals surface area contributed by atoms with Crippen LogP contribution in [0.25, 0.3) is 21.8 Å². The molecule has 2 bridgehead atoms. The monoisotopic (exact) mass is 1040 g/mol. The third-order valence-electron chi connectivity index (χ3n) is 15.7. The Morgan fingerprint density at radius 3 is 2.09 bits per heavy atom. The molecule has 18 nitrogen and oxygen atoms in total. The molecule has 410 valence electrons. The summed E-state index contributed by atoms with van der Waals surface area (Å²) in [5, 5.41) is 23.0. The third kappa shape index (κ3) is 13.1. The van der Waals surface area contributed by atoms with Crippen molar-refractivity contribution < 1.29 is 38.7 Å². The van der Waals surface area contributed by atoms with Gasteiger partial charge in [0, 0.05) is 68.6 Å². The number of fused-ring (bicyclic) bond motifs is 4. The lowest BCUT2D eigenvalue weighted by Crippen LogP contribution is -2.62. The van der Waals surface area contributed by atoms with Gasteiger partial charge < -0.3 is 45.6 Å². The number of carbonyl (C=O) groups excluding carboxylic acids is 7. The Kier molecular flexibility index (Phi) is 18.4. The van der Waals surface area contributed by atoms with Crippen LogP contribution in [0.2, 0.25) is 0 Å². The number of aliphatic hydroxyl groups excluding tert-OH is 1. The Labute approximate surface area is 447 Å². The summed E-state index contributed by atoms with van der Waals surface area (Å²) in [5.74, 6) is -3.42. The molecule has 3 aliphatic rings. The van der Waals surface area contributed by atoms with Gasteiger partial charge in [-0.25, -0.2) is 9.97 Å². The predicted octanol–water partition coefficient (Wildman–Crippen LogP) is 4.73. The third-order valence-corrected chi connectivity index (χ3v) is 15.7. The first-order valence-corrected chi connectivity index (χ1v) is 27.2. The topological polar surface area (TPSA) is 228 Å². The van der Waals surface area contributed by atoms with Crippen LogP contribution in [0.1, 0.15) is 117 Å². The molecule has 0 radical (unpaired) electrons. The summed E-state index contributed by atoms with van der Waals surface area (Å²) in [4.78, 5) is 117. The maximum atomic E-state index is 15.5. The van der Waals surface area contributed by atoms with Crippen molar-refractivity contribution in [3.05, 3.63) is 84.5 Å². The molecular weight excluding hydrogens is 965 g/mol. The highest BCUT2D eigenvalue weighted by atomic mass is 16.3. The van der Waals surface area contributed by atoms with E-state index in [-0.39, 0.29) is 63.0 Å². The van der Waals surface area contributed by atoms with E-state index in [4.69, 9.17) is 0 Å². The number of benzene rings is 2. The van der Waals surface area contributed by atoms with Crippen molar-refractivity contribution in [1.29, 1.82) is 0 Å². The second-order valence-electron chi connectivity index (χ2n) is 22.8. The number of allylic oxidation sites excluding steroid dienone is 1. The molecule has 7 atom stereocenters. The molecule has 18 heteroatoms. The zero-order chi connectivity index (χ0) is 55.2. The van der Waals surface area contributed by atoms with E-state index in [1.54, 1.807) is 18.3 Å². The summed E-state index contributed by atoms with van der Waals surface area (Å²) in [6, 6.07) is 5.40. The fourth-order valence-corrected chi connectivity index (χ4v) is 10.9. The predicted molar refractivity (Wildman–Crippen MR) is 291 cm³/mol. The first kappa shape index (κ1) is 57.0. The molecule has 5 N–H and O–H groups in total. The highest BCUT2D eigenvalue weighted by Gasteiger charge is 2.43. The lowest BCUT2D eigenvalue weighted by Gasteiger charge is -2.41. The molecular formula is C58H80N10O8. The maximum Gasteiger partial charge on any atom is 0.246 e. The van der Waals surface area contributed by atoms with Gasteiger partial charge in [-0.1, -0.05) is 77.3 Å². The number of amides is 7. The molecule has 1 saturated carbocycles. The number of hydrogen-bond donors (Lipinski definition) is 5. The number of aromatic nitrogens is 3. The number of nitrogens with zero attached hydrogens (tertiary/aromatic N) is 6. The fourth-order valence-electron chi connectivity index (χ4n) is 10.9. The molecule has 0 spiro atoms. The average Bonchev–Trinajstić information content (AvgIpc) is 3.75. The summed E-state index contributed by atoms with van der Waals surface area (Å²) in [7, 11) is 3.05. The van der Waals surface area contributed by atoms with Crippen LogP contribution in [0, 0.1) is 17.8 Å². The molecule has 2 aliphatic heterocycles. The lowest BCUT2D eigenvalue weighted by molar-refractivity contribution is -0.153. The van der Waals surface area contributed by atoms with Crippen LogP contribution in [0.3, 0.4) is 0 Å². The summed E-state index contributed by atoms with van der Waals surface area (Å²) in [6.07, 6.45) is 10.0. The lowest BCUT2D eigenvalue weighted by atomic mass is 9.80. The van der Waals surface area contributed by atoms with Crippen LogP contribution < -0.4 is 21.3 Å². The molecule has 1 aliphatic carbocycles. The van der Waals surface area contributed by atoms with Gasteiger partial charge in [-0.2, -0.15) is 0 Å². The van der Waals surface area contributed by atoms with E-state index < -0.39 is 89.2 Å². The van der Waals surface area contributed by atoms with Crippen LogP contribution >= 0.6 is 0 Å². The normalized spacial score (nSPS) is 24.3. The van der Waals surface area contributed by atoms with E-state index in [1.165, 1.54) is 35.7 Å². The minimum absolute atomic E-state index is 0.0209. The summed E-state index contributed by atoms with van der Waals surface area (Å²) < 4.78 is 2.08. The van der Waals surface area contributed by atoms with E-state index in [0.29, 0.717) is 41.6 Å². The number of para-hydroxylation sites is 1. The number of likely N-dealkylation sites (N-methyl/N-ethyl adjacent to an activating group) is 2. The molecule has 0 unspecified atom stereocenters. The van der Waals surface area contributed by atoms with Gasteiger partial charge in [-0.3, -0.25) is 33.6 Å². The van der Waals surface area contributed by atoms with Crippen LogP contribution in [-0.4, -0.2) is 145 Å². The van der Waals surface area contributed by atoms with Gasteiger partial charge in [-0.15, -0.1) is 6.58 Å². The number of nitrogens with one attached hydrogen (secondary N) is 4. The molecule has 4 heterocycles. The van der Waals surface area contributed by atoms with Crippen molar-refractivity contribution in [3.63, 3.8) is 0 Å². The van der Waals surface area contributed by atoms with E-state index >= 15 is 14.4 Å². The molecule has 7 amide bonds. The molecule has 3 fully saturated rings. The van der Waals surface area contributed by atoms with Gasteiger partial charge in [0.25, 0.3) is 0 Å². The molecule has 2 aromatic heterocycles. The highest BCUT2D eigenvalue weighted by molar-refractivity contribution is 5.99. The van der Waals surface area contributed by atoms with Gasteiger partial charge in [0.1, 0.15) is 48.1 Å². The Bertz CT molecular complexity index is 2800. The molecule has 76 heavy (non-hydrogen) atoms. The standard InChI is InChI=1S/C58H80N10O8/c1-11-58(7,8)68-33-40(41-18-12-13-19-46(41)68)31-45-56(75)66(10)48(26-34(2)3)53(72)62-44(30-38-21-22-42-39(28-38)32-59-50(61-42)23-25-69)51(70)60-36(6)55(74)65(9)47-20-15-24-67(57(47)76)49(27-35(4)5)54(73)63-43(52(71)64-45)29-37-16-14-17-37/h11-13,18-19,21-22,28,32-37,43-45,47-49,69H,1,14-17,20,23-27,29-31H2,2-10H3,(H,60,70)(H,62,72)(H,63,73)(H,64,71)/t36-,43-,44-,45-,47-,48-,49-/m0/s1. The van der Waals surface area contributed by atoms with Gasteiger partial charge in [0.05, 0.1) is 17.7 Å². The van der Waals surface area contributed by atoms with E-state index in [1.807, 2.05) is 84.1 Å². The van der Waals surface area contributed by atoms with Gasteiger partial charge >= 0.3 is 0 Å². The second-order valence-corrected chi connectivity index (χ2v) is 22.8. The summed E-state index contributed by atoms with van der Waals surface area (Å²) in [6.45, 7) is 17.6. The van der Waals surface area contributed by atoms with Gasteiger partial charge in [0.15, 0.2) is 0 Å². The number of piperidine rings is 1. The van der Waals surface area contributed by atoms with Gasteiger partial charge in [0.2, 0.25) is 41.4 Å². The first-order chi connectivity index (χ1) is 36.1. The van der Waals surface area contributed by atoms with E-state index in [2.05, 4.69) is 42.4 Å². The zero-order valence-corrected chi connectivity index (χ0v) is 45.9. The number of aliphatic hydroxyl groups is 1. The second kappa shape index (κ2) is 24.5. The Hall–Kier alpha value is -6.69. The first-order valence-electron chi connectivity index (χ1n) is 27.2. The van der Waals surface area contributed by atoms with Crippen LogP contribution in [-0.2, 0) is 58.4 Å². The largest absolute Gasteiger partial charge is 0.396 e. The zero-order valence-electron chi connectivity index (χ0n) is 45.9. The smallest absolute Gasteiger partial charge is 0.246 e. The fraction of sp³-hybridized carbons (Fsp3) is 0.569. The number of carbonyl (C=O) groups is 7. The summed E-state index contributed by atoms with van der Waals surface area (Å²) >= 11 is 0. The van der Waals surface area contributed by atoms with Crippen molar-refractivity contribution in [2.75, 3.05) is 27.2 Å². The molecule has 7 rings (SSSR count). The van der Waals surface area contributed by atoms with Crippen molar-refractivity contribution >= 4 is 63.2 Å². The SMILES string of the molecule is C=CC(C)(C)n1cc(C[C@@H]2NC(=O)[C@H](CC3CCC3)NC(=O)[C@H](CC(C)C)N3CCC[C@@H](C3=O)N(C)C(=O)[C@H](C)NC(=O)[C@H](Cc3ccc4nc(CCO)ncc4c3)NC(=O)[C@H](CC(C)C)N(C)C2=O)c2ccccc21. The Morgan fingerprint density at radius 1 is 0.763 bits per heavy atom. The molecule has 2 aromatic carbocycles. The van der Waals surface area contributed by atoms with Crippen molar-refractivity contribution in [1.82, 2.24) is 50.5 Å². The minimum Gasteiger partial charge on any atom is -0.396 e. The van der Waals surface area contributed by atoms with Crippen molar-refractivity contribution in [2.45, 2.75) is 167 Å². The molecule has 2 saturated heterocycles. The summed E-state index contributed by atoms with van der Waals surface area (Å²) in [5.41, 5.74) is 2.39. The quantitative estimate of drug-likeness (QED) is 0.109. The van der Waals surface area contributed by atoms with Crippen LogP contribution in [0.4, 0.5) is 0 Å². The van der Waals surface area contributed by atoms with Gasteiger partial charge in [-0.05, 0) is 100.0 Å². The van der Waals surface area contributed by atoms with Crippen LogP contribution in [0.5, 0.6) is 0 Å². The Morgan fingerprint density at radius 2 is 1.42 bits per heavy atom. The molecule has 4 aromatic rings. The van der Waals surface area contributed by atoms with E-state index in [9.17, 15) is 24.3 Å². The highest BCUT2D eigenvalue weighted by Crippen LogP contribution is 2.33. The van der Waals surface area contributed by atoms with Crippen molar-refractivity contribution in [3.8, 4) is 0 Å². The van der Waals surface area contributed by atoms with Crippen LogP contribution in [0.15, 0.2) is 67.5 Å². The van der Waals surface area contributed by atoms with E-state index in [0.717, 1.165) is 35.7 Å². The Balaban J connectivity index is 1.33. The number of hydrogen-bond acceptors (Lipinski definition) is 10. The van der Waals surface area contributed by atoms with Crippen molar-refractivity contribution in [2.24, 2.45) is 17.8 Å².